The Hall–Kier alpha value is -2.76. The van der Waals surface area contributed by atoms with Crippen molar-refractivity contribution in [2.45, 2.75) is 39.7 Å². The van der Waals surface area contributed by atoms with Gasteiger partial charge in [-0.15, -0.1) is 0 Å². The molecule has 176 valence electrons. The predicted octanol–water partition coefficient (Wildman–Crippen LogP) is 2.91. The molecular formula is C22H26N4O5S2. The molecule has 0 spiro atoms. The van der Waals surface area contributed by atoms with Gasteiger partial charge in [0.2, 0.25) is 0 Å². The summed E-state index contributed by atoms with van der Waals surface area (Å²) in [6.45, 7) is 6.87. The van der Waals surface area contributed by atoms with Crippen LogP contribution in [0.4, 0.5) is 5.82 Å². The molecule has 33 heavy (non-hydrogen) atoms. The number of rotatable bonds is 10. The van der Waals surface area contributed by atoms with E-state index in [9.17, 15) is 14.4 Å². The third-order valence-electron chi connectivity index (χ3n) is 4.85. The first kappa shape index (κ1) is 24.9. The van der Waals surface area contributed by atoms with Crippen molar-refractivity contribution >= 4 is 57.7 Å². The fourth-order valence-corrected chi connectivity index (χ4v) is 4.50. The Morgan fingerprint density at radius 2 is 2.15 bits per heavy atom. The van der Waals surface area contributed by atoms with E-state index in [1.165, 1.54) is 15.4 Å². The van der Waals surface area contributed by atoms with E-state index in [-0.39, 0.29) is 39.4 Å². The van der Waals surface area contributed by atoms with Gasteiger partial charge in [-0.3, -0.25) is 23.7 Å². The average Bonchev–Trinajstić information content (AvgIpc) is 3.01. The first-order valence-electron chi connectivity index (χ1n) is 10.5. The highest BCUT2D eigenvalue weighted by atomic mass is 32.2. The molecular weight excluding hydrogens is 464 g/mol. The normalized spacial score (nSPS) is 15.3. The molecule has 3 rings (SSSR count). The van der Waals surface area contributed by atoms with Gasteiger partial charge in [0.25, 0.3) is 11.5 Å². The van der Waals surface area contributed by atoms with Crippen LogP contribution in [0, 0.1) is 6.92 Å². The van der Waals surface area contributed by atoms with Crippen molar-refractivity contribution in [1.82, 2.24) is 14.3 Å². The topological polar surface area (TPSA) is 113 Å². The highest BCUT2D eigenvalue weighted by Gasteiger charge is 2.32. The number of fused-ring (bicyclic) bond motifs is 1. The number of carboxylic acids is 1. The largest absolute Gasteiger partial charge is 0.481 e. The molecule has 0 bridgehead atoms. The molecule has 0 aromatic carbocycles. The minimum absolute atomic E-state index is 0.0214. The summed E-state index contributed by atoms with van der Waals surface area (Å²) in [4.78, 5) is 43.2. The number of pyridine rings is 1. The molecule has 11 heteroatoms. The van der Waals surface area contributed by atoms with Crippen molar-refractivity contribution < 1.29 is 19.4 Å². The Labute approximate surface area is 200 Å². The maximum absolute atomic E-state index is 13.3. The van der Waals surface area contributed by atoms with Crippen LogP contribution in [0.15, 0.2) is 28.0 Å². The van der Waals surface area contributed by atoms with Crippen molar-refractivity contribution in [2.24, 2.45) is 0 Å². The second kappa shape index (κ2) is 10.9. The van der Waals surface area contributed by atoms with Crippen LogP contribution in [0.5, 0.6) is 0 Å². The number of thioether (sulfide) groups is 1. The molecule has 0 saturated carbocycles. The minimum atomic E-state index is -1.02. The number of aryl methyl sites for hydroxylation is 1. The van der Waals surface area contributed by atoms with E-state index in [1.807, 2.05) is 26.8 Å². The van der Waals surface area contributed by atoms with E-state index in [1.54, 1.807) is 12.3 Å². The molecule has 1 fully saturated rings. The van der Waals surface area contributed by atoms with Gasteiger partial charge in [0, 0.05) is 25.9 Å². The Balaban J connectivity index is 1.95. The maximum atomic E-state index is 13.3. The number of carbonyl (C=O) groups excluding carboxylic acids is 1. The van der Waals surface area contributed by atoms with Gasteiger partial charge in [-0.25, -0.2) is 4.98 Å². The van der Waals surface area contributed by atoms with Crippen LogP contribution in [0.2, 0.25) is 0 Å². The van der Waals surface area contributed by atoms with E-state index in [0.29, 0.717) is 31.0 Å². The van der Waals surface area contributed by atoms with Crippen LogP contribution in [0.3, 0.4) is 0 Å². The third-order valence-corrected chi connectivity index (χ3v) is 6.23. The number of nitrogens with one attached hydrogen (secondary N) is 1. The number of amides is 1. The molecule has 9 nitrogen and oxygen atoms in total. The summed E-state index contributed by atoms with van der Waals surface area (Å²) in [6.07, 6.45) is 3.74. The average molecular weight is 491 g/mol. The van der Waals surface area contributed by atoms with E-state index >= 15 is 0 Å². The van der Waals surface area contributed by atoms with Crippen molar-refractivity contribution in [3.8, 4) is 0 Å². The number of anilines is 1. The number of aliphatic carboxylic acids is 1. The molecule has 1 saturated heterocycles. The quantitative estimate of drug-likeness (QED) is 0.295. The summed E-state index contributed by atoms with van der Waals surface area (Å²) in [7, 11) is 0. The van der Waals surface area contributed by atoms with E-state index in [0.717, 1.165) is 17.3 Å². The zero-order chi connectivity index (χ0) is 24.1. The summed E-state index contributed by atoms with van der Waals surface area (Å²) in [5, 5.41) is 12.1. The van der Waals surface area contributed by atoms with Crippen molar-refractivity contribution in [2.75, 3.05) is 25.0 Å². The predicted molar refractivity (Wildman–Crippen MR) is 133 cm³/mol. The number of hydrogen-bond donors (Lipinski definition) is 2. The summed E-state index contributed by atoms with van der Waals surface area (Å²) in [5.41, 5.74) is 1.28. The first-order chi connectivity index (χ1) is 15.7. The fraction of sp³-hybridized carbons (Fsp3) is 0.409. The number of aromatic nitrogens is 2. The lowest BCUT2D eigenvalue weighted by atomic mass is 10.2. The molecule has 2 aromatic heterocycles. The maximum Gasteiger partial charge on any atom is 0.305 e. The van der Waals surface area contributed by atoms with Gasteiger partial charge < -0.3 is 15.2 Å². The lowest BCUT2D eigenvalue weighted by molar-refractivity contribution is -0.137. The van der Waals surface area contributed by atoms with Gasteiger partial charge in [0.15, 0.2) is 0 Å². The number of carbonyl (C=O) groups is 2. The lowest BCUT2D eigenvalue weighted by Gasteiger charge is -2.13. The lowest BCUT2D eigenvalue weighted by Crippen LogP contribution is -2.30. The Morgan fingerprint density at radius 1 is 1.39 bits per heavy atom. The third kappa shape index (κ3) is 5.98. The van der Waals surface area contributed by atoms with Gasteiger partial charge in [-0.2, -0.15) is 0 Å². The molecule has 0 radical (unpaired) electrons. The number of thiocarbonyl (C=S) groups is 1. The van der Waals surface area contributed by atoms with Crippen LogP contribution in [0.1, 0.15) is 37.8 Å². The molecule has 2 N–H and O–H groups in total. The van der Waals surface area contributed by atoms with Crippen LogP contribution < -0.4 is 10.9 Å². The number of nitrogens with zero attached hydrogens (tertiary/aromatic N) is 3. The fourth-order valence-electron chi connectivity index (χ4n) is 3.21. The summed E-state index contributed by atoms with van der Waals surface area (Å²) in [6, 6.07) is 3.63. The second-order valence-corrected chi connectivity index (χ2v) is 9.42. The van der Waals surface area contributed by atoms with Gasteiger partial charge in [0.05, 0.1) is 23.0 Å². The van der Waals surface area contributed by atoms with E-state index < -0.39 is 11.9 Å². The van der Waals surface area contributed by atoms with Crippen molar-refractivity contribution in [3.05, 3.63) is 44.7 Å². The molecule has 1 aliphatic heterocycles. The zero-order valence-corrected chi connectivity index (χ0v) is 20.3. The summed E-state index contributed by atoms with van der Waals surface area (Å²) >= 11 is 6.29. The van der Waals surface area contributed by atoms with Crippen molar-refractivity contribution in [1.29, 1.82) is 0 Å². The first-order valence-corrected chi connectivity index (χ1v) is 11.8. The van der Waals surface area contributed by atoms with Gasteiger partial charge >= 0.3 is 5.97 Å². The summed E-state index contributed by atoms with van der Waals surface area (Å²) in [5.74, 6) is -1.07. The smallest absolute Gasteiger partial charge is 0.305 e. The van der Waals surface area contributed by atoms with Crippen LogP contribution in [0.25, 0.3) is 11.7 Å². The SMILES string of the molecule is Cc1cccn2c(=O)c(C=C3SC(=S)N(CCC(=O)O)C3=O)c(NCCCOC(C)C)nc12. The molecule has 1 aliphatic rings. The van der Waals surface area contributed by atoms with Crippen molar-refractivity contribution in [3.63, 3.8) is 0 Å². The van der Waals surface area contributed by atoms with Crippen LogP contribution in [-0.4, -0.2) is 61.4 Å². The monoisotopic (exact) mass is 490 g/mol. The highest BCUT2D eigenvalue weighted by Crippen LogP contribution is 2.33. The Morgan fingerprint density at radius 3 is 2.85 bits per heavy atom. The van der Waals surface area contributed by atoms with E-state index in [4.69, 9.17) is 22.1 Å². The van der Waals surface area contributed by atoms with Gasteiger partial charge in [-0.05, 0) is 44.9 Å². The van der Waals surface area contributed by atoms with Crippen LogP contribution in [-0.2, 0) is 14.3 Å². The molecule has 1 amide bonds. The molecule has 0 aliphatic carbocycles. The van der Waals surface area contributed by atoms with Gasteiger partial charge in [-0.1, -0.05) is 30.0 Å². The van der Waals surface area contributed by atoms with E-state index in [2.05, 4.69) is 10.3 Å². The number of carboxylic acid groups (broad SMARTS) is 1. The molecule has 0 unspecified atom stereocenters. The van der Waals surface area contributed by atoms with Crippen LogP contribution >= 0.6 is 24.0 Å². The molecule has 0 atom stereocenters. The number of hydrogen-bond acceptors (Lipinski definition) is 8. The highest BCUT2D eigenvalue weighted by molar-refractivity contribution is 8.26. The second-order valence-electron chi connectivity index (χ2n) is 7.74. The Bertz CT molecular complexity index is 1180. The molecule has 2 aromatic rings. The van der Waals surface area contributed by atoms with Gasteiger partial charge in [0.1, 0.15) is 15.8 Å². The molecule has 3 heterocycles. The summed E-state index contributed by atoms with van der Waals surface area (Å²) < 4.78 is 7.27. The minimum Gasteiger partial charge on any atom is -0.481 e. The zero-order valence-electron chi connectivity index (χ0n) is 18.7. The standard InChI is InChI=1S/C22H26N4O5S2/c1-13(2)31-11-5-8-23-18-15(20(29)25-9-4-6-14(3)19(25)24-18)12-16-21(30)26(22(32)33-16)10-7-17(27)28/h4,6,9,12-13,23H,5,7-8,10-11H2,1-3H3,(H,27,28). The number of ether oxygens (including phenoxy) is 1. The Kier molecular flexibility index (Phi) is 8.22.